The van der Waals surface area contributed by atoms with Gasteiger partial charge in [-0.05, 0) is 73.0 Å². The van der Waals surface area contributed by atoms with Crippen molar-refractivity contribution in [2.75, 3.05) is 0 Å². The first kappa shape index (κ1) is 45.5. The smallest absolute Gasteiger partial charge is 0.489 e. The predicted molar refractivity (Wildman–Crippen MR) is 309 cm³/mol. The van der Waals surface area contributed by atoms with Crippen molar-refractivity contribution in [1.29, 1.82) is 0 Å². The largest absolute Gasteiger partial charge is 1.00 e. The monoisotopic (exact) mass is 1100 g/mol. The minimum Gasteiger partial charge on any atom is -1.00 e. The van der Waals surface area contributed by atoms with Crippen molar-refractivity contribution in [2.24, 2.45) is 0 Å². The molecule has 10 aromatic carbocycles. The number of rotatable bonds is 3. The Labute approximate surface area is 434 Å². The molecule has 0 unspecified atom stereocenters. The summed E-state index contributed by atoms with van der Waals surface area (Å²) in [6.07, 6.45) is 0. The fraction of sp³-hybridized carbons (Fsp3) is 0. The van der Waals surface area contributed by atoms with Crippen LogP contribution in [0.25, 0.3) is 127 Å². The van der Waals surface area contributed by atoms with Crippen LogP contribution in [0.2, 0.25) is 0 Å². The maximum Gasteiger partial charge on any atom is 0.489 e. The van der Waals surface area contributed by atoms with E-state index in [1.165, 1.54) is 61.6 Å². The summed E-state index contributed by atoms with van der Waals surface area (Å²) < 4.78 is 22.1. The molecular weight excluding hydrogens is 1070 g/mol. The Balaban J connectivity index is 0.000000132. The molecule has 2 N–H and O–H groups in total. The van der Waals surface area contributed by atoms with E-state index in [-0.39, 0.29) is 4.70 Å². The number of benzene rings is 10. The van der Waals surface area contributed by atoms with E-state index in [0.717, 1.165) is 74.0 Å². The van der Waals surface area contributed by atoms with Gasteiger partial charge in [-0.1, -0.05) is 170 Å². The van der Waals surface area contributed by atoms with Gasteiger partial charge in [0.25, 0.3) is 0 Å². The molecule has 0 bridgehead atoms. The number of fused-ring (bicyclic) bond motifs is 15. The zero-order valence-corrected chi connectivity index (χ0v) is 42.8. The standard InChI is InChI=1S/C36H20OS2.C12H9BO2S.C12H6Br2O.FH/c1-3-19-31-21(9-1)27-15-7-17-29(35(27)38-31)25-13-5-11-23-24-12-6-14-26(34(24)37-33(23)25)30-18-8-16-28-22-10-2-4-20-32(22)39-36(28)30;14-13(15)10-6-3-5-9-8-4-1-2-7-11(8)16-12(9)10;13-9-5-1-3-7-8-4-2-6-10(14)12(8)15-11(7)9;/h1-20H;1-7,14-15H;1-6H;1H/p-1. The highest BCUT2D eigenvalue weighted by molar-refractivity contribution is 9.11. The van der Waals surface area contributed by atoms with Crippen LogP contribution in [0.1, 0.15) is 0 Å². The van der Waals surface area contributed by atoms with Crippen LogP contribution in [-0.4, -0.2) is 17.2 Å². The number of furan rings is 2. The average Bonchev–Trinajstić information content (AvgIpc) is 4.23. The Bertz CT molecular complexity index is 4310. The topological polar surface area (TPSA) is 66.7 Å². The third-order valence-electron chi connectivity index (χ3n) is 13.1. The molecule has 0 saturated carbocycles. The van der Waals surface area contributed by atoms with Gasteiger partial charge in [-0.3, -0.25) is 0 Å². The average molecular weight is 1110 g/mol. The summed E-state index contributed by atoms with van der Waals surface area (Å²) in [7, 11) is -1.41. The highest BCUT2D eigenvalue weighted by Crippen LogP contribution is 2.47. The van der Waals surface area contributed by atoms with Gasteiger partial charge < -0.3 is 23.6 Å². The van der Waals surface area contributed by atoms with Crippen LogP contribution < -0.4 is 10.2 Å². The Kier molecular flexibility index (Phi) is 11.8. The molecule has 0 atom stereocenters. The second-order valence-electron chi connectivity index (χ2n) is 17.1. The van der Waals surface area contributed by atoms with E-state index in [2.05, 4.69) is 171 Å². The second-order valence-corrected chi connectivity index (χ2v) is 21.9. The van der Waals surface area contributed by atoms with Gasteiger partial charge in [0.15, 0.2) is 0 Å². The van der Waals surface area contributed by atoms with Crippen LogP contribution in [0, 0.1) is 0 Å². The number of hydrogen-bond donors (Lipinski definition) is 2. The predicted octanol–water partition coefficient (Wildman–Crippen LogP) is 15.5. The maximum absolute atomic E-state index is 9.31. The van der Waals surface area contributed by atoms with E-state index in [9.17, 15) is 10.0 Å². The van der Waals surface area contributed by atoms with Crippen LogP contribution >= 0.6 is 65.9 Å². The third kappa shape index (κ3) is 7.66. The number of hydrogen-bond acceptors (Lipinski definition) is 7. The molecule has 0 spiro atoms. The number of thiophene rings is 3. The summed E-state index contributed by atoms with van der Waals surface area (Å²) in [5, 5.41) is 30.7. The molecule has 0 aliphatic carbocycles. The highest BCUT2D eigenvalue weighted by atomic mass is 79.9. The zero-order chi connectivity index (χ0) is 47.0. The molecule has 0 amide bonds. The lowest BCUT2D eigenvalue weighted by atomic mass is 9.80. The third-order valence-corrected chi connectivity index (χ3v) is 18.0. The van der Waals surface area contributed by atoms with Gasteiger partial charge in [-0.25, -0.2) is 0 Å². The lowest BCUT2D eigenvalue weighted by molar-refractivity contribution is -0.0000158. The summed E-state index contributed by atoms with van der Waals surface area (Å²) in [5.74, 6) is 0. The maximum atomic E-state index is 9.31. The molecule has 0 radical (unpaired) electrons. The van der Waals surface area contributed by atoms with E-state index < -0.39 is 7.12 Å². The molecule has 5 aromatic heterocycles. The van der Waals surface area contributed by atoms with E-state index in [1.54, 1.807) is 17.4 Å². The molecule has 4 nitrogen and oxygen atoms in total. The Morgan fingerprint density at radius 1 is 0.310 bits per heavy atom. The molecule has 15 aromatic rings. The van der Waals surface area contributed by atoms with Crippen molar-refractivity contribution in [3.63, 3.8) is 0 Å². The Morgan fingerprint density at radius 2 is 0.620 bits per heavy atom. The van der Waals surface area contributed by atoms with Crippen LogP contribution in [-0.2, 0) is 0 Å². The summed E-state index contributed by atoms with van der Waals surface area (Å²) in [4.78, 5) is 0. The highest BCUT2D eigenvalue weighted by Gasteiger charge is 2.21. The zero-order valence-electron chi connectivity index (χ0n) is 37.2. The molecule has 5 heterocycles. The van der Waals surface area contributed by atoms with Crippen molar-refractivity contribution < 1.29 is 23.6 Å². The van der Waals surface area contributed by atoms with E-state index >= 15 is 0 Å². The first-order valence-corrected chi connectivity index (χ1v) is 26.7. The van der Waals surface area contributed by atoms with Gasteiger partial charge in [0, 0.05) is 98.9 Å². The fourth-order valence-electron chi connectivity index (χ4n) is 9.89. The SMILES string of the molecule is Brc1cccc2c1oc1c(Br)cccc12.OB(O)c1cccc2c1sc1ccccc12.[F-].c1ccc2c(c1)sc1c(-c3cccc4c3oc3c(-c5cccc6c5sc5ccccc56)cccc34)cccc12. The van der Waals surface area contributed by atoms with Crippen molar-refractivity contribution in [3.05, 3.63) is 209 Å². The lowest BCUT2D eigenvalue weighted by Crippen LogP contribution is -3.00. The van der Waals surface area contributed by atoms with E-state index in [0.29, 0.717) is 5.46 Å². The van der Waals surface area contributed by atoms with E-state index in [1.807, 2.05) is 77.3 Å². The minimum absolute atomic E-state index is 0. The molecule has 71 heavy (non-hydrogen) atoms. The van der Waals surface area contributed by atoms with Crippen LogP contribution in [0.4, 0.5) is 0 Å². The molecule has 15 rings (SSSR count). The molecule has 0 saturated heterocycles. The number of para-hydroxylation sites is 4. The van der Waals surface area contributed by atoms with E-state index in [4.69, 9.17) is 8.83 Å². The molecule has 11 heteroatoms. The van der Waals surface area contributed by atoms with Gasteiger partial charge in [0.1, 0.15) is 22.3 Å². The van der Waals surface area contributed by atoms with Crippen LogP contribution in [0.3, 0.4) is 0 Å². The fourth-order valence-corrected chi connectivity index (χ4v) is 14.5. The first-order chi connectivity index (χ1) is 34.4. The van der Waals surface area contributed by atoms with Crippen molar-refractivity contribution in [2.45, 2.75) is 0 Å². The first-order valence-electron chi connectivity index (χ1n) is 22.7. The van der Waals surface area contributed by atoms with Gasteiger partial charge in [0.2, 0.25) is 0 Å². The lowest BCUT2D eigenvalue weighted by Gasteiger charge is -2.05. The molecule has 0 fully saturated rings. The van der Waals surface area contributed by atoms with Gasteiger partial charge in [0.05, 0.1) is 8.95 Å². The molecule has 342 valence electrons. The van der Waals surface area contributed by atoms with Crippen LogP contribution in [0.15, 0.2) is 218 Å². The molecular formula is C60H35BBr2FO4S3-. The van der Waals surface area contributed by atoms with Gasteiger partial charge in [-0.15, -0.1) is 34.0 Å². The quantitative estimate of drug-likeness (QED) is 0.173. The van der Waals surface area contributed by atoms with Gasteiger partial charge >= 0.3 is 7.12 Å². The minimum atomic E-state index is -1.41. The normalized spacial score (nSPS) is 11.5. The summed E-state index contributed by atoms with van der Waals surface area (Å²) in [6.45, 7) is 0. The summed E-state index contributed by atoms with van der Waals surface area (Å²) >= 11 is 12.3. The van der Waals surface area contributed by atoms with Crippen molar-refractivity contribution in [3.8, 4) is 22.3 Å². The van der Waals surface area contributed by atoms with Crippen LogP contribution in [0.5, 0.6) is 0 Å². The second kappa shape index (κ2) is 18.5. The molecule has 0 aliphatic heterocycles. The summed E-state index contributed by atoms with van der Waals surface area (Å²) in [5.41, 5.74) is 9.04. The Hall–Kier alpha value is -6.67. The number of halogens is 3. The van der Waals surface area contributed by atoms with Crippen molar-refractivity contribution >= 4 is 183 Å². The molecule has 0 aliphatic rings. The van der Waals surface area contributed by atoms with Crippen molar-refractivity contribution in [1.82, 2.24) is 0 Å². The Morgan fingerprint density at radius 3 is 1.06 bits per heavy atom. The summed E-state index contributed by atoms with van der Waals surface area (Å²) in [6, 6.07) is 69.6. The van der Waals surface area contributed by atoms with Gasteiger partial charge in [-0.2, -0.15) is 0 Å².